The Morgan fingerprint density at radius 1 is 0.933 bits per heavy atom. The zero-order chi connectivity index (χ0) is 21.1. The van der Waals surface area contributed by atoms with E-state index in [1.807, 2.05) is 36.4 Å². The van der Waals surface area contributed by atoms with Gasteiger partial charge in [-0.1, -0.05) is 25.0 Å². The number of aliphatic hydroxyl groups excluding tert-OH is 2. The van der Waals surface area contributed by atoms with E-state index in [0.717, 1.165) is 36.4 Å². The maximum atomic E-state index is 10.6. The molecule has 0 bridgehead atoms. The second-order valence-corrected chi connectivity index (χ2v) is 8.91. The van der Waals surface area contributed by atoms with Gasteiger partial charge in [-0.05, 0) is 69.3 Å². The van der Waals surface area contributed by atoms with Crippen LogP contribution >= 0.6 is 0 Å². The van der Waals surface area contributed by atoms with Crippen molar-refractivity contribution >= 4 is 17.1 Å². The highest BCUT2D eigenvalue weighted by atomic mass is 16.3. The summed E-state index contributed by atoms with van der Waals surface area (Å²) in [5.74, 6) is 0.670. The molecule has 0 spiro atoms. The first-order valence-corrected chi connectivity index (χ1v) is 11.0. The third-order valence-corrected chi connectivity index (χ3v) is 6.24. The van der Waals surface area contributed by atoms with Crippen molar-refractivity contribution in [2.24, 2.45) is 5.92 Å². The lowest BCUT2D eigenvalue weighted by Crippen LogP contribution is -2.31. The predicted octanol–water partition coefficient (Wildman–Crippen LogP) is 3.46. The zero-order valence-corrected chi connectivity index (χ0v) is 18.0. The summed E-state index contributed by atoms with van der Waals surface area (Å²) in [5, 5.41) is 26.9. The number of benzene rings is 2. The van der Waals surface area contributed by atoms with E-state index in [1.54, 1.807) is 0 Å². The van der Waals surface area contributed by atoms with Crippen LogP contribution < -0.4 is 15.5 Å². The lowest BCUT2D eigenvalue weighted by atomic mass is 10.1. The highest BCUT2D eigenvalue weighted by Crippen LogP contribution is 2.33. The van der Waals surface area contributed by atoms with Crippen molar-refractivity contribution in [1.82, 2.24) is 4.90 Å². The molecule has 1 aliphatic heterocycles. The Balaban J connectivity index is 1.29. The molecule has 162 valence electrons. The van der Waals surface area contributed by atoms with Gasteiger partial charge in [0.1, 0.15) is 6.23 Å². The van der Waals surface area contributed by atoms with Crippen LogP contribution in [0.4, 0.5) is 17.1 Å². The van der Waals surface area contributed by atoms with E-state index in [0.29, 0.717) is 12.0 Å². The zero-order valence-electron chi connectivity index (χ0n) is 18.0. The van der Waals surface area contributed by atoms with Crippen molar-refractivity contribution in [3.05, 3.63) is 54.1 Å². The number of anilines is 3. The summed E-state index contributed by atoms with van der Waals surface area (Å²) in [6.07, 6.45) is 3.15. The summed E-state index contributed by atoms with van der Waals surface area (Å²) in [5.41, 5.74) is 3.76. The summed E-state index contributed by atoms with van der Waals surface area (Å²) in [6.45, 7) is 2.13. The molecule has 2 aromatic rings. The van der Waals surface area contributed by atoms with Gasteiger partial charge in [-0.25, -0.2) is 0 Å². The van der Waals surface area contributed by atoms with Gasteiger partial charge in [0, 0.05) is 41.8 Å². The number of nitrogens with zero attached hydrogens (tertiary/aromatic N) is 2. The van der Waals surface area contributed by atoms with E-state index in [2.05, 4.69) is 46.7 Å². The molecule has 4 N–H and O–H groups in total. The predicted molar refractivity (Wildman–Crippen MR) is 123 cm³/mol. The van der Waals surface area contributed by atoms with Crippen molar-refractivity contribution in [3.63, 3.8) is 0 Å². The molecule has 1 saturated heterocycles. The van der Waals surface area contributed by atoms with E-state index < -0.39 is 12.5 Å². The first kappa shape index (κ1) is 21.0. The molecule has 30 heavy (non-hydrogen) atoms. The first-order chi connectivity index (χ1) is 14.5. The number of hydrogen-bond acceptors (Lipinski definition) is 6. The molecular weight excluding hydrogens is 376 g/mol. The summed E-state index contributed by atoms with van der Waals surface area (Å²) >= 11 is 0. The molecule has 1 aliphatic carbocycles. The van der Waals surface area contributed by atoms with Crippen LogP contribution in [-0.4, -0.2) is 54.6 Å². The van der Waals surface area contributed by atoms with Gasteiger partial charge in [0.2, 0.25) is 0 Å². The molecule has 0 aromatic heterocycles. The Hall–Kier alpha value is -2.28. The van der Waals surface area contributed by atoms with Crippen LogP contribution in [0.3, 0.4) is 0 Å². The summed E-state index contributed by atoms with van der Waals surface area (Å²) in [4.78, 5) is 4.70. The van der Waals surface area contributed by atoms with Crippen molar-refractivity contribution in [2.75, 3.05) is 42.7 Å². The topological polar surface area (TPSA) is 71.0 Å². The lowest BCUT2D eigenvalue weighted by Gasteiger charge is -2.22. The van der Waals surface area contributed by atoms with Crippen molar-refractivity contribution < 1.29 is 10.2 Å². The number of rotatable bonds is 9. The fourth-order valence-corrected chi connectivity index (χ4v) is 4.09. The Morgan fingerprint density at radius 3 is 2.17 bits per heavy atom. The van der Waals surface area contributed by atoms with E-state index in [1.165, 1.54) is 24.9 Å². The molecule has 0 amide bonds. The van der Waals surface area contributed by atoms with Crippen LogP contribution in [0.2, 0.25) is 0 Å². The molecule has 4 rings (SSSR count). The molecule has 2 aromatic carbocycles. The van der Waals surface area contributed by atoms with Crippen LogP contribution in [0.1, 0.15) is 37.5 Å². The van der Waals surface area contributed by atoms with Gasteiger partial charge >= 0.3 is 0 Å². The summed E-state index contributed by atoms with van der Waals surface area (Å²) in [6, 6.07) is 16.4. The number of hydrogen-bond donors (Lipinski definition) is 4. The van der Waals surface area contributed by atoms with Crippen molar-refractivity contribution in [1.29, 1.82) is 0 Å². The second-order valence-electron chi connectivity index (χ2n) is 8.91. The SMILES string of the molecule is CN(C)C1CCN(c2ccc(NC(O)c3ccc(NC(O)CC4CC4)cc3)cc2)C1. The van der Waals surface area contributed by atoms with Crippen LogP contribution in [0.25, 0.3) is 0 Å². The molecule has 2 fully saturated rings. The van der Waals surface area contributed by atoms with Gasteiger partial charge in [-0.2, -0.15) is 0 Å². The van der Waals surface area contributed by atoms with Crippen molar-refractivity contribution in [3.8, 4) is 0 Å². The minimum Gasteiger partial charge on any atom is -0.374 e. The van der Waals surface area contributed by atoms with Crippen LogP contribution in [0, 0.1) is 5.92 Å². The van der Waals surface area contributed by atoms with Crippen LogP contribution in [-0.2, 0) is 0 Å². The molecule has 2 aliphatic rings. The minimum atomic E-state index is -0.786. The Kier molecular flexibility index (Phi) is 6.46. The number of nitrogens with one attached hydrogen (secondary N) is 2. The highest BCUT2D eigenvalue weighted by Gasteiger charge is 2.25. The molecule has 6 heteroatoms. The molecule has 6 nitrogen and oxygen atoms in total. The molecule has 3 atom stereocenters. The Morgan fingerprint density at radius 2 is 1.57 bits per heavy atom. The van der Waals surface area contributed by atoms with Crippen LogP contribution in [0.5, 0.6) is 0 Å². The Bertz CT molecular complexity index is 805. The van der Waals surface area contributed by atoms with Crippen LogP contribution in [0.15, 0.2) is 48.5 Å². The maximum absolute atomic E-state index is 10.6. The monoisotopic (exact) mass is 410 g/mol. The number of aliphatic hydroxyl groups is 2. The highest BCUT2D eigenvalue weighted by molar-refractivity contribution is 5.56. The molecule has 0 radical (unpaired) electrons. The molecule has 1 saturated carbocycles. The maximum Gasteiger partial charge on any atom is 0.150 e. The average Bonchev–Trinajstić information content (AvgIpc) is 3.39. The van der Waals surface area contributed by atoms with Gasteiger partial charge in [-0.3, -0.25) is 0 Å². The largest absolute Gasteiger partial charge is 0.374 e. The van der Waals surface area contributed by atoms with Gasteiger partial charge in [0.05, 0.1) is 0 Å². The second kappa shape index (κ2) is 9.25. The lowest BCUT2D eigenvalue weighted by molar-refractivity contribution is 0.186. The van der Waals surface area contributed by atoms with Gasteiger partial charge < -0.3 is 30.6 Å². The Labute approximate surface area is 179 Å². The first-order valence-electron chi connectivity index (χ1n) is 11.0. The summed E-state index contributed by atoms with van der Waals surface area (Å²) < 4.78 is 0. The van der Waals surface area contributed by atoms with E-state index in [-0.39, 0.29) is 0 Å². The van der Waals surface area contributed by atoms with E-state index >= 15 is 0 Å². The standard InChI is InChI=1S/C24H34N4O2/c1-27(2)22-13-14-28(16-22)21-11-9-20(10-12-21)26-24(30)18-5-7-19(8-6-18)25-23(29)15-17-3-4-17/h5-12,17,22-26,29-30H,3-4,13-16H2,1-2H3. The minimum absolute atomic E-state index is 0.506. The third-order valence-electron chi connectivity index (χ3n) is 6.24. The number of likely N-dealkylation sites (N-methyl/N-ethyl adjacent to an activating group) is 1. The van der Waals surface area contributed by atoms with E-state index in [4.69, 9.17) is 0 Å². The van der Waals surface area contributed by atoms with Gasteiger partial charge in [0.15, 0.2) is 6.23 Å². The van der Waals surface area contributed by atoms with E-state index in [9.17, 15) is 10.2 Å². The third kappa shape index (κ3) is 5.45. The normalized spacial score (nSPS) is 21.0. The molecule has 3 unspecified atom stereocenters. The quantitative estimate of drug-likeness (QED) is 0.475. The molecule has 1 heterocycles. The fraction of sp³-hybridized carbons (Fsp3) is 0.500. The molecular formula is C24H34N4O2. The fourth-order valence-electron chi connectivity index (χ4n) is 4.09. The summed E-state index contributed by atoms with van der Waals surface area (Å²) in [7, 11) is 4.28. The average molecular weight is 411 g/mol. The smallest absolute Gasteiger partial charge is 0.150 e. The van der Waals surface area contributed by atoms with Gasteiger partial charge in [0.25, 0.3) is 0 Å². The van der Waals surface area contributed by atoms with Crippen molar-refractivity contribution in [2.45, 2.75) is 44.2 Å². The van der Waals surface area contributed by atoms with Gasteiger partial charge in [-0.15, -0.1) is 0 Å².